The Balaban J connectivity index is 1.92. The summed E-state index contributed by atoms with van der Waals surface area (Å²) < 4.78 is 17.8. The number of aromatic nitrogens is 3. The lowest BCUT2D eigenvalue weighted by Gasteiger charge is -2.08. The van der Waals surface area contributed by atoms with E-state index in [9.17, 15) is 4.79 Å². The predicted molar refractivity (Wildman–Crippen MR) is 111 cm³/mol. The molecule has 0 saturated carbocycles. The molecule has 29 heavy (non-hydrogen) atoms. The number of nitrogens with one attached hydrogen (secondary N) is 1. The van der Waals surface area contributed by atoms with Crippen molar-refractivity contribution >= 4 is 24.4 Å². The first-order valence-corrected chi connectivity index (χ1v) is 9.24. The molecule has 0 fully saturated rings. The van der Waals surface area contributed by atoms with E-state index in [1.807, 2.05) is 31.2 Å². The van der Waals surface area contributed by atoms with E-state index in [4.69, 9.17) is 26.4 Å². The Morgan fingerprint density at radius 2 is 2.10 bits per heavy atom. The van der Waals surface area contributed by atoms with Crippen LogP contribution in [-0.2, 0) is 4.79 Å². The molecule has 0 bridgehead atoms. The number of rotatable bonds is 7. The van der Waals surface area contributed by atoms with Gasteiger partial charge in [-0.25, -0.2) is 5.10 Å². The van der Waals surface area contributed by atoms with Crippen LogP contribution in [-0.4, -0.2) is 40.8 Å². The minimum atomic E-state index is -0.423. The fourth-order valence-electron chi connectivity index (χ4n) is 2.61. The molecule has 8 nitrogen and oxygen atoms in total. The molecular formula is C20H20N4O4S. The maximum atomic E-state index is 11.2. The van der Waals surface area contributed by atoms with E-state index in [-0.39, 0.29) is 0 Å². The van der Waals surface area contributed by atoms with Gasteiger partial charge in [-0.2, -0.15) is 14.9 Å². The van der Waals surface area contributed by atoms with Crippen LogP contribution in [0, 0.1) is 4.77 Å². The number of benzene rings is 2. The summed E-state index contributed by atoms with van der Waals surface area (Å²) in [5.41, 5.74) is 1.54. The van der Waals surface area contributed by atoms with E-state index >= 15 is 0 Å². The number of ether oxygens (including phenoxy) is 3. The second-order valence-electron chi connectivity index (χ2n) is 5.87. The van der Waals surface area contributed by atoms with Crippen molar-refractivity contribution in [3.05, 3.63) is 52.8 Å². The number of nitrogens with zero attached hydrogens (tertiary/aromatic N) is 3. The topological polar surface area (TPSA) is 90.7 Å². The van der Waals surface area contributed by atoms with Crippen LogP contribution in [0.25, 0.3) is 11.4 Å². The summed E-state index contributed by atoms with van der Waals surface area (Å²) >= 11 is 5.31. The molecule has 0 saturated heterocycles. The van der Waals surface area contributed by atoms with Gasteiger partial charge in [0.15, 0.2) is 17.3 Å². The van der Waals surface area contributed by atoms with E-state index in [1.54, 1.807) is 24.4 Å². The molecule has 0 aliphatic heterocycles. The van der Waals surface area contributed by atoms with E-state index in [2.05, 4.69) is 15.3 Å². The van der Waals surface area contributed by atoms with Crippen LogP contribution in [0.2, 0.25) is 0 Å². The molecule has 0 aliphatic rings. The lowest BCUT2D eigenvalue weighted by Crippen LogP contribution is -2.03. The summed E-state index contributed by atoms with van der Waals surface area (Å²) in [5, 5.41) is 11.5. The number of esters is 1. The number of hydrogen-bond donors (Lipinski definition) is 1. The second-order valence-corrected chi connectivity index (χ2v) is 6.26. The van der Waals surface area contributed by atoms with Gasteiger partial charge in [0, 0.05) is 12.5 Å². The quantitative estimate of drug-likeness (QED) is 0.275. The Morgan fingerprint density at radius 3 is 2.83 bits per heavy atom. The Labute approximate surface area is 172 Å². The van der Waals surface area contributed by atoms with Crippen LogP contribution in [0.3, 0.4) is 0 Å². The van der Waals surface area contributed by atoms with Crippen LogP contribution in [0.4, 0.5) is 0 Å². The number of carbonyl (C=O) groups excluding carboxylic acids is 1. The van der Waals surface area contributed by atoms with Crippen molar-refractivity contribution in [3.63, 3.8) is 0 Å². The van der Waals surface area contributed by atoms with E-state index in [0.717, 1.165) is 16.9 Å². The van der Waals surface area contributed by atoms with Gasteiger partial charge in [-0.15, -0.1) is 0 Å². The van der Waals surface area contributed by atoms with Gasteiger partial charge in [0.2, 0.25) is 4.77 Å². The summed E-state index contributed by atoms with van der Waals surface area (Å²) in [5.74, 6) is 1.62. The van der Waals surface area contributed by atoms with Gasteiger partial charge >= 0.3 is 5.97 Å². The van der Waals surface area contributed by atoms with Gasteiger partial charge < -0.3 is 14.2 Å². The van der Waals surface area contributed by atoms with Gasteiger partial charge in [0.25, 0.3) is 0 Å². The van der Waals surface area contributed by atoms with E-state index in [1.165, 1.54) is 18.7 Å². The van der Waals surface area contributed by atoms with Crippen molar-refractivity contribution in [3.8, 4) is 28.6 Å². The molecule has 0 amide bonds. The van der Waals surface area contributed by atoms with Crippen LogP contribution < -0.4 is 14.2 Å². The fourth-order valence-corrected chi connectivity index (χ4v) is 2.78. The zero-order valence-corrected chi connectivity index (χ0v) is 17.0. The minimum Gasteiger partial charge on any atom is -0.494 e. The molecule has 150 valence electrons. The van der Waals surface area contributed by atoms with Crippen LogP contribution >= 0.6 is 12.2 Å². The second kappa shape index (κ2) is 9.16. The molecule has 9 heteroatoms. The van der Waals surface area contributed by atoms with Crippen molar-refractivity contribution in [2.75, 3.05) is 13.7 Å². The molecule has 0 aliphatic carbocycles. The first-order valence-electron chi connectivity index (χ1n) is 8.83. The van der Waals surface area contributed by atoms with Crippen molar-refractivity contribution in [2.45, 2.75) is 13.8 Å². The van der Waals surface area contributed by atoms with Crippen LogP contribution in [0.1, 0.15) is 19.4 Å². The number of H-pyrrole nitrogens is 1. The number of hydrogen-bond acceptors (Lipinski definition) is 7. The molecule has 2 aromatic carbocycles. The predicted octanol–water partition coefficient (Wildman–Crippen LogP) is 3.82. The molecule has 1 heterocycles. The molecule has 3 rings (SSSR count). The Kier molecular flexibility index (Phi) is 6.40. The summed E-state index contributed by atoms with van der Waals surface area (Å²) in [6.45, 7) is 3.82. The van der Waals surface area contributed by atoms with Crippen molar-refractivity contribution < 1.29 is 19.0 Å². The van der Waals surface area contributed by atoms with Crippen LogP contribution in [0.5, 0.6) is 17.2 Å². The molecular weight excluding hydrogens is 392 g/mol. The van der Waals surface area contributed by atoms with Gasteiger partial charge in [0.05, 0.1) is 19.9 Å². The Bertz CT molecular complexity index is 1100. The fraction of sp³-hybridized carbons (Fsp3) is 0.200. The highest BCUT2D eigenvalue weighted by atomic mass is 32.1. The van der Waals surface area contributed by atoms with Gasteiger partial charge in [-0.05, 0) is 55.0 Å². The molecule has 1 aromatic heterocycles. The molecule has 0 spiro atoms. The zero-order valence-electron chi connectivity index (χ0n) is 16.2. The molecule has 0 atom stereocenters. The summed E-state index contributed by atoms with van der Waals surface area (Å²) in [6.07, 6.45) is 1.61. The first kappa shape index (κ1) is 20.3. The number of methoxy groups -OCH3 is 1. The highest BCUT2D eigenvalue weighted by Gasteiger charge is 2.10. The minimum absolute atomic E-state index is 0.338. The third-order valence-electron chi connectivity index (χ3n) is 3.82. The maximum absolute atomic E-state index is 11.2. The SMILES string of the molecule is CCOc1cccc(-c2n[nH]c(=S)n2/N=C\c2ccc(OC(C)=O)c(OC)c2)c1. The third kappa shape index (κ3) is 4.88. The van der Waals surface area contributed by atoms with Crippen molar-refractivity contribution in [1.82, 2.24) is 14.9 Å². The average molecular weight is 412 g/mol. The number of carbonyl (C=O) groups is 1. The molecule has 0 unspecified atom stereocenters. The molecule has 0 radical (unpaired) electrons. The van der Waals surface area contributed by atoms with Gasteiger partial charge in [0.1, 0.15) is 5.75 Å². The summed E-state index contributed by atoms with van der Waals surface area (Å²) in [6, 6.07) is 12.6. The van der Waals surface area contributed by atoms with Gasteiger partial charge in [-0.3, -0.25) is 4.79 Å². The van der Waals surface area contributed by atoms with E-state index in [0.29, 0.717) is 28.7 Å². The van der Waals surface area contributed by atoms with E-state index < -0.39 is 5.97 Å². The highest BCUT2D eigenvalue weighted by molar-refractivity contribution is 7.71. The highest BCUT2D eigenvalue weighted by Crippen LogP contribution is 2.28. The third-order valence-corrected chi connectivity index (χ3v) is 4.08. The van der Waals surface area contributed by atoms with Crippen molar-refractivity contribution in [2.24, 2.45) is 5.10 Å². The Morgan fingerprint density at radius 1 is 1.28 bits per heavy atom. The lowest BCUT2D eigenvalue weighted by atomic mass is 10.2. The average Bonchev–Trinajstić information content (AvgIpc) is 3.07. The van der Waals surface area contributed by atoms with Crippen LogP contribution in [0.15, 0.2) is 47.6 Å². The molecule has 3 aromatic rings. The van der Waals surface area contributed by atoms with Crippen molar-refractivity contribution in [1.29, 1.82) is 0 Å². The first-order chi connectivity index (χ1) is 14.0. The maximum Gasteiger partial charge on any atom is 0.308 e. The molecule has 1 N–H and O–H groups in total. The Hall–Kier alpha value is -3.46. The lowest BCUT2D eigenvalue weighted by molar-refractivity contribution is -0.132. The standard InChI is InChI=1S/C20H20N4O4S/c1-4-27-16-7-5-6-15(11-16)19-22-23-20(29)24(19)21-12-14-8-9-17(28-13(2)25)18(10-14)26-3/h5-12H,4H2,1-3H3,(H,23,29)/b21-12-. The smallest absolute Gasteiger partial charge is 0.308 e. The zero-order chi connectivity index (χ0) is 20.8. The number of aromatic amines is 1. The normalized spacial score (nSPS) is 10.9. The summed E-state index contributed by atoms with van der Waals surface area (Å²) in [4.78, 5) is 11.2. The largest absolute Gasteiger partial charge is 0.494 e. The summed E-state index contributed by atoms with van der Waals surface area (Å²) in [7, 11) is 1.50. The monoisotopic (exact) mass is 412 g/mol. The van der Waals surface area contributed by atoms with Gasteiger partial charge in [-0.1, -0.05) is 12.1 Å².